The molecule has 0 atom stereocenters. The van der Waals surface area contributed by atoms with Crippen LogP contribution < -0.4 is 100 Å². The number of rotatable bonds is 7. The summed E-state index contributed by atoms with van der Waals surface area (Å²) in [7, 11) is -15.2. The van der Waals surface area contributed by atoms with Gasteiger partial charge < -0.3 is 35.3 Å². The minimum atomic E-state index is -5.25. The van der Waals surface area contributed by atoms with Crippen LogP contribution in [-0.2, 0) is 30.4 Å². The van der Waals surface area contributed by atoms with Crippen LogP contribution in [0.3, 0.4) is 0 Å². The van der Waals surface area contributed by atoms with Gasteiger partial charge in [-0.3, -0.25) is 0 Å². The molecule has 0 fully saturated rings. The number of aryl methyl sites for hydroxylation is 5. The molecule has 6 aromatic carbocycles. The van der Waals surface area contributed by atoms with Crippen LogP contribution in [0.2, 0.25) is 0 Å². The van der Waals surface area contributed by atoms with Crippen LogP contribution in [0.5, 0.6) is 11.5 Å². The minimum Gasteiger partial charge on any atom is -0.744 e. The van der Waals surface area contributed by atoms with Crippen molar-refractivity contribution in [2.45, 2.75) is 49.3 Å². The normalized spacial score (nSPS) is 11.8. The summed E-state index contributed by atoms with van der Waals surface area (Å²) in [6.45, 7) is 9.13. The quantitative estimate of drug-likeness (QED) is 0.0605. The van der Waals surface area contributed by atoms with Crippen molar-refractivity contribution in [1.29, 1.82) is 0 Å². The maximum atomic E-state index is 11.6. The van der Waals surface area contributed by atoms with Gasteiger partial charge in [-0.1, -0.05) is 47.5 Å². The van der Waals surface area contributed by atoms with Gasteiger partial charge in [-0.25, -0.2) is 25.3 Å². The molecule has 0 radical (unpaired) electrons. The van der Waals surface area contributed by atoms with Gasteiger partial charge in [-0.15, -0.1) is 10.2 Å². The standard InChI is InChI=1S/C19H19N3O4S.C18H17N3O7S2.3Na/c1-10-4-6-14(11(2)8-10)21-22-15-7-5-13-16(27(24,25)26)9-12(3)18(20)17(13)19(15)23;1-9-3-5-12(10(2)7-9)20-21-13-6-4-11-14(29(23,24)25)8-15(30(26,27)28)17(19)16(11)18(13)22;;;/h4-9,23H,20H2,1-3H3,(H,24,25,26);3-8,22H,19H2,1-2H3,(H,23,24,25)(H,26,27,28);;;/q;;3*+1/p-3. The molecule has 0 aliphatic rings. The zero-order valence-corrected chi connectivity index (χ0v) is 42.1. The number of nitrogen functional groups attached to an aromatic ring is 2. The number of benzene rings is 6. The van der Waals surface area contributed by atoms with E-state index in [4.69, 9.17) is 11.5 Å². The predicted octanol–water partition coefficient (Wildman–Crippen LogP) is -1.65. The fraction of sp³-hybridized carbons (Fsp3) is 0.135. The zero-order valence-electron chi connectivity index (χ0n) is 33.7. The van der Waals surface area contributed by atoms with Crippen molar-refractivity contribution in [3.8, 4) is 11.5 Å². The number of nitrogens with two attached hydrogens (primary N) is 2. The van der Waals surface area contributed by atoms with Crippen LogP contribution in [0.25, 0.3) is 21.5 Å². The van der Waals surface area contributed by atoms with Crippen molar-refractivity contribution in [2.75, 3.05) is 11.5 Å². The van der Waals surface area contributed by atoms with Crippen LogP contribution >= 0.6 is 0 Å². The van der Waals surface area contributed by atoms with Crippen molar-refractivity contribution in [1.82, 2.24) is 0 Å². The molecule has 0 amide bonds. The number of anilines is 2. The van der Waals surface area contributed by atoms with E-state index >= 15 is 0 Å². The Labute approximate surface area is 412 Å². The largest absolute Gasteiger partial charge is 1.00 e. The fourth-order valence-electron chi connectivity index (χ4n) is 5.90. The van der Waals surface area contributed by atoms with E-state index < -0.39 is 61.9 Å². The first kappa shape index (κ1) is 53.1. The topological polar surface area (TPSA) is 314 Å². The molecule has 0 unspecified atom stereocenters. The summed E-state index contributed by atoms with van der Waals surface area (Å²) < 4.78 is 104. The van der Waals surface area contributed by atoms with Gasteiger partial charge in [0.05, 0.1) is 42.5 Å². The Balaban J connectivity index is 0.000000396. The predicted molar refractivity (Wildman–Crippen MR) is 209 cm³/mol. The maximum Gasteiger partial charge on any atom is 1.00 e. The molecule has 0 bridgehead atoms. The Morgan fingerprint density at radius 2 is 0.783 bits per heavy atom. The van der Waals surface area contributed by atoms with Crippen LogP contribution in [0.4, 0.5) is 34.1 Å². The summed E-state index contributed by atoms with van der Waals surface area (Å²) >= 11 is 0. The van der Waals surface area contributed by atoms with Crippen molar-refractivity contribution >= 4 is 86.0 Å². The van der Waals surface area contributed by atoms with Gasteiger partial charge >= 0.3 is 88.7 Å². The molecule has 0 saturated heterocycles. The van der Waals surface area contributed by atoms with E-state index in [1.807, 2.05) is 45.0 Å². The number of hydrogen-bond donors (Lipinski definition) is 4. The number of azo groups is 2. The second-order valence-electron chi connectivity index (χ2n) is 12.9. The number of fused-ring (bicyclic) bond motifs is 2. The molecule has 298 valence electrons. The van der Waals surface area contributed by atoms with Gasteiger partial charge in [0.1, 0.15) is 41.7 Å². The van der Waals surface area contributed by atoms with Gasteiger partial charge in [-0.05, 0) is 87.7 Å². The van der Waals surface area contributed by atoms with E-state index in [1.54, 1.807) is 26.0 Å². The fourth-order valence-corrected chi connectivity index (χ4v) is 8.07. The Bertz CT molecular complexity index is 3060. The number of phenols is 2. The zero-order chi connectivity index (χ0) is 42.4. The van der Waals surface area contributed by atoms with Gasteiger partial charge in [0.2, 0.25) is 0 Å². The van der Waals surface area contributed by atoms with Crippen molar-refractivity contribution < 1.29 is 138 Å². The van der Waals surface area contributed by atoms with Gasteiger partial charge in [0.25, 0.3) is 0 Å². The molecule has 23 heteroatoms. The average Bonchev–Trinajstić information content (AvgIpc) is 3.09. The van der Waals surface area contributed by atoms with E-state index in [9.17, 15) is 49.1 Å². The first-order valence-corrected chi connectivity index (χ1v) is 20.6. The molecule has 6 aromatic rings. The SMILES string of the molecule is Cc1ccc(N=Nc2ccc3c(S(=O)(=O)[O-])cc(C)c(N)c3c2O)c(C)c1.Cc1ccc(N=Nc2ccc3c(S(=O)(=O)[O-])cc(S(=O)(=O)[O-])c(N)c3c2O)c(C)c1.[Na+].[Na+].[Na+]. The van der Waals surface area contributed by atoms with Gasteiger partial charge in [-0.2, -0.15) is 10.2 Å². The smallest absolute Gasteiger partial charge is 0.744 e. The number of nitrogens with zero attached hydrogens (tertiary/aromatic N) is 4. The monoisotopic (exact) mass is 902 g/mol. The van der Waals surface area contributed by atoms with E-state index in [-0.39, 0.29) is 128 Å². The third kappa shape index (κ3) is 11.7. The Hall–Kier alpha value is -3.03. The summed E-state index contributed by atoms with van der Waals surface area (Å²) in [6, 6.07) is 17.7. The summed E-state index contributed by atoms with van der Waals surface area (Å²) in [4.78, 5) is -2.57. The Morgan fingerprint density at radius 1 is 0.450 bits per heavy atom. The van der Waals surface area contributed by atoms with Crippen molar-refractivity contribution in [2.24, 2.45) is 20.5 Å². The van der Waals surface area contributed by atoms with E-state index in [2.05, 4.69) is 20.5 Å². The van der Waals surface area contributed by atoms with Crippen molar-refractivity contribution in [3.05, 3.63) is 101 Å². The van der Waals surface area contributed by atoms with E-state index in [1.165, 1.54) is 24.3 Å². The molecule has 0 spiro atoms. The molecule has 0 aromatic heterocycles. The van der Waals surface area contributed by atoms with Crippen LogP contribution in [-0.4, -0.2) is 49.1 Å². The summed E-state index contributed by atoms with van der Waals surface area (Å²) in [5.74, 6) is -1.05. The minimum absolute atomic E-state index is 0. The van der Waals surface area contributed by atoms with Gasteiger partial charge in [0.15, 0.2) is 11.5 Å². The average molecular weight is 903 g/mol. The van der Waals surface area contributed by atoms with E-state index in [0.29, 0.717) is 23.0 Å². The third-order valence-electron chi connectivity index (χ3n) is 8.73. The molecule has 0 aliphatic heterocycles. The van der Waals surface area contributed by atoms with Gasteiger partial charge in [0, 0.05) is 16.5 Å². The molecular weight excluding hydrogens is 870 g/mol. The molecule has 0 heterocycles. The second kappa shape index (κ2) is 20.4. The summed E-state index contributed by atoms with van der Waals surface area (Å²) in [5.41, 5.74) is 16.5. The van der Waals surface area contributed by atoms with Crippen LogP contribution in [0.15, 0.2) is 108 Å². The first-order valence-electron chi connectivity index (χ1n) is 16.4. The molecule has 6 rings (SSSR count). The Kier molecular flexibility index (Phi) is 18.1. The molecule has 17 nitrogen and oxygen atoms in total. The van der Waals surface area contributed by atoms with Crippen LogP contribution in [0.1, 0.15) is 27.8 Å². The number of phenolic OH excluding ortho intramolecular Hbond substituents is 2. The first-order chi connectivity index (χ1) is 26.4. The second-order valence-corrected chi connectivity index (χ2v) is 17.0. The molecular formula is C37H33N6Na3O11S3. The molecule has 6 N–H and O–H groups in total. The van der Waals surface area contributed by atoms with E-state index in [0.717, 1.165) is 28.3 Å². The Morgan fingerprint density at radius 3 is 1.15 bits per heavy atom. The number of hydrogen-bond acceptors (Lipinski definition) is 17. The third-order valence-corrected chi connectivity index (χ3v) is 11.4. The maximum absolute atomic E-state index is 11.6. The van der Waals surface area contributed by atoms with Crippen LogP contribution in [0, 0.1) is 34.6 Å². The summed E-state index contributed by atoms with van der Waals surface area (Å²) in [5, 5.41) is 36.6. The van der Waals surface area contributed by atoms with Crippen molar-refractivity contribution in [3.63, 3.8) is 0 Å². The summed E-state index contributed by atoms with van der Waals surface area (Å²) in [6.07, 6.45) is 0. The molecule has 0 saturated carbocycles. The molecule has 0 aliphatic carbocycles. The molecule has 60 heavy (non-hydrogen) atoms. The number of aromatic hydroxyl groups is 2.